The fourth-order valence-electron chi connectivity index (χ4n) is 3.22. The Kier molecular flexibility index (Phi) is 8.42. The van der Waals surface area contributed by atoms with Crippen LogP contribution in [0.5, 0.6) is 0 Å². The number of morpholine rings is 1. The molecule has 1 fully saturated rings. The van der Waals surface area contributed by atoms with E-state index < -0.39 is 29.4 Å². The zero-order chi connectivity index (χ0) is 27.5. The Balaban J connectivity index is 1.93. The molecule has 0 bridgehead atoms. The van der Waals surface area contributed by atoms with Crippen molar-refractivity contribution >= 4 is 35.4 Å². The van der Waals surface area contributed by atoms with Crippen LogP contribution in [0.2, 0.25) is 0 Å². The molecule has 204 valence electrons. The molecule has 13 nitrogen and oxygen atoms in total. The summed E-state index contributed by atoms with van der Waals surface area (Å²) in [5, 5.41) is 7.54. The van der Waals surface area contributed by atoms with Crippen LogP contribution in [0.3, 0.4) is 0 Å². The summed E-state index contributed by atoms with van der Waals surface area (Å²) in [6.45, 7) is 14.2. The van der Waals surface area contributed by atoms with Gasteiger partial charge in [-0.05, 0) is 48.5 Å². The molecule has 0 radical (unpaired) electrons. The summed E-state index contributed by atoms with van der Waals surface area (Å²) in [6.07, 6.45) is 0.192. The number of hydrogen-bond donors (Lipinski definition) is 1. The highest BCUT2D eigenvalue weighted by Crippen LogP contribution is 2.25. The van der Waals surface area contributed by atoms with Gasteiger partial charge in [0.25, 0.3) is 11.9 Å². The fourth-order valence-corrected chi connectivity index (χ4v) is 4.07. The summed E-state index contributed by atoms with van der Waals surface area (Å²) < 4.78 is 17.5. The first-order valence-corrected chi connectivity index (χ1v) is 12.7. The number of alkyl carbamates (subject to hydrolysis) is 1. The highest BCUT2D eigenvalue weighted by Gasteiger charge is 2.29. The largest absolute Gasteiger partial charge is 0.444 e. The Morgan fingerprint density at radius 2 is 1.73 bits per heavy atom. The number of hydrogen-bond acceptors (Lipinski definition) is 10. The van der Waals surface area contributed by atoms with Crippen LogP contribution in [-0.4, -0.2) is 87.3 Å². The van der Waals surface area contributed by atoms with Gasteiger partial charge in [-0.15, -0.1) is 5.10 Å². The van der Waals surface area contributed by atoms with Crippen molar-refractivity contribution in [1.82, 2.24) is 30.0 Å². The summed E-state index contributed by atoms with van der Waals surface area (Å²) in [4.78, 5) is 50.2. The molecule has 1 aliphatic rings. The molecule has 1 saturated heterocycles. The van der Waals surface area contributed by atoms with E-state index in [2.05, 4.69) is 20.4 Å². The molecule has 2 aromatic rings. The molecular formula is C23H35N7O6S. The second-order valence-electron chi connectivity index (χ2n) is 10.5. The van der Waals surface area contributed by atoms with Crippen molar-refractivity contribution in [2.75, 3.05) is 38.3 Å². The standard InChI is InChI=1S/C23H35N7O6S/c1-14(25-20(32)35-22(2,3)4)16-26-18(28(8)21(33)36-23(5,6)7)27-30(16)19-24-13-15(37-19)17(31)29-9-11-34-12-10-29/h13-14H,9-12H2,1-8H3,(H,25,32)/t14-/m0/s1. The molecular weight excluding hydrogens is 502 g/mol. The maximum atomic E-state index is 12.9. The average molecular weight is 538 g/mol. The lowest BCUT2D eigenvalue weighted by atomic mass is 10.2. The summed E-state index contributed by atoms with van der Waals surface area (Å²) in [5.41, 5.74) is -1.41. The van der Waals surface area contributed by atoms with Gasteiger partial charge in [-0.1, -0.05) is 11.3 Å². The molecule has 0 unspecified atom stereocenters. The fraction of sp³-hybridized carbons (Fsp3) is 0.652. The number of carbonyl (C=O) groups excluding carboxylic acids is 3. The van der Waals surface area contributed by atoms with Gasteiger partial charge in [0.2, 0.25) is 5.13 Å². The molecule has 1 atom stereocenters. The van der Waals surface area contributed by atoms with Gasteiger partial charge in [-0.3, -0.25) is 4.79 Å². The first-order valence-electron chi connectivity index (χ1n) is 11.9. The van der Waals surface area contributed by atoms with E-state index in [0.717, 1.165) is 11.3 Å². The Bertz CT molecular complexity index is 1130. The number of amides is 3. The molecule has 0 saturated carbocycles. The van der Waals surface area contributed by atoms with Crippen LogP contribution < -0.4 is 10.2 Å². The van der Waals surface area contributed by atoms with Gasteiger partial charge in [0.05, 0.1) is 25.5 Å². The van der Waals surface area contributed by atoms with Gasteiger partial charge in [-0.25, -0.2) is 19.5 Å². The number of nitrogens with zero attached hydrogens (tertiary/aromatic N) is 6. The van der Waals surface area contributed by atoms with Gasteiger partial charge >= 0.3 is 12.2 Å². The third-order valence-corrected chi connectivity index (χ3v) is 5.85. The van der Waals surface area contributed by atoms with E-state index in [9.17, 15) is 14.4 Å². The maximum absolute atomic E-state index is 12.9. The van der Waals surface area contributed by atoms with E-state index in [0.29, 0.717) is 36.3 Å². The van der Waals surface area contributed by atoms with Gasteiger partial charge < -0.3 is 24.4 Å². The zero-order valence-electron chi connectivity index (χ0n) is 22.5. The minimum atomic E-state index is -0.716. The van der Waals surface area contributed by atoms with Gasteiger partial charge in [0.1, 0.15) is 16.1 Å². The number of anilines is 1. The van der Waals surface area contributed by atoms with Crippen molar-refractivity contribution in [2.24, 2.45) is 0 Å². The third-order valence-electron chi connectivity index (χ3n) is 4.89. The molecule has 1 N–H and O–H groups in total. The smallest absolute Gasteiger partial charge is 0.416 e. The number of carbonyl (C=O) groups is 3. The van der Waals surface area contributed by atoms with E-state index >= 15 is 0 Å². The SMILES string of the molecule is C[C@H](NC(=O)OC(C)(C)C)c1nc(N(C)C(=O)OC(C)(C)C)nn1-c1ncc(C(=O)N2CCOCC2)s1. The van der Waals surface area contributed by atoms with E-state index in [1.807, 2.05) is 0 Å². The van der Waals surface area contributed by atoms with Gasteiger partial charge in [-0.2, -0.15) is 9.67 Å². The van der Waals surface area contributed by atoms with Crippen molar-refractivity contribution in [2.45, 2.75) is 65.7 Å². The molecule has 0 aromatic carbocycles. The minimum Gasteiger partial charge on any atom is -0.444 e. The number of nitrogens with one attached hydrogen (secondary N) is 1. The summed E-state index contributed by atoms with van der Waals surface area (Å²) >= 11 is 1.13. The number of rotatable bonds is 5. The summed E-state index contributed by atoms with van der Waals surface area (Å²) in [7, 11) is 1.48. The second kappa shape index (κ2) is 11.0. The first kappa shape index (κ1) is 28.3. The zero-order valence-corrected chi connectivity index (χ0v) is 23.3. The first-order chi connectivity index (χ1) is 17.1. The number of thiazole rings is 1. The van der Waals surface area contributed by atoms with Crippen molar-refractivity contribution in [3.8, 4) is 5.13 Å². The molecule has 14 heteroatoms. The lowest BCUT2D eigenvalue weighted by Gasteiger charge is -2.26. The van der Waals surface area contributed by atoms with E-state index in [4.69, 9.17) is 14.2 Å². The normalized spacial score (nSPS) is 15.2. The number of ether oxygens (including phenoxy) is 3. The van der Waals surface area contributed by atoms with Crippen LogP contribution in [0, 0.1) is 0 Å². The van der Waals surface area contributed by atoms with Crippen molar-refractivity contribution in [3.63, 3.8) is 0 Å². The quantitative estimate of drug-likeness (QED) is 0.609. The van der Waals surface area contributed by atoms with E-state index in [1.54, 1.807) is 53.4 Å². The van der Waals surface area contributed by atoms with Crippen LogP contribution >= 0.6 is 11.3 Å². The Labute approximate surface area is 220 Å². The van der Waals surface area contributed by atoms with E-state index in [1.165, 1.54) is 22.8 Å². The predicted molar refractivity (Wildman–Crippen MR) is 136 cm³/mol. The third kappa shape index (κ3) is 7.61. The molecule has 1 aliphatic heterocycles. The highest BCUT2D eigenvalue weighted by molar-refractivity contribution is 7.16. The Hall–Kier alpha value is -3.26. The lowest BCUT2D eigenvalue weighted by molar-refractivity contribution is 0.0306. The molecule has 37 heavy (non-hydrogen) atoms. The molecule has 3 rings (SSSR count). The van der Waals surface area contributed by atoms with Crippen molar-refractivity contribution in [1.29, 1.82) is 0 Å². The lowest BCUT2D eigenvalue weighted by Crippen LogP contribution is -2.40. The monoisotopic (exact) mass is 537 g/mol. The minimum absolute atomic E-state index is 0.0401. The van der Waals surface area contributed by atoms with Crippen LogP contribution in [0.25, 0.3) is 5.13 Å². The van der Waals surface area contributed by atoms with Gasteiger partial charge in [0, 0.05) is 20.1 Å². The molecule has 3 amide bonds. The number of aromatic nitrogens is 4. The molecule has 3 heterocycles. The maximum Gasteiger partial charge on any atom is 0.416 e. The van der Waals surface area contributed by atoms with Crippen LogP contribution in [-0.2, 0) is 14.2 Å². The van der Waals surface area contributed by atoms with Crippen LogP contribution in [0.4, 0.5) is 15.5 Å². The highest BCUT2D eigenvalue weighted by atomic mass is 32.1. The summed E-state index contributed by atoms with van der Waals surface area (Å²) in [6, 6.07) is -0.676. The molecule has 2 aromatic heterocycles. The molecule has 0 spiro atoms. The Morgan fingerprint density at radius 3 is 2.32 bits per heavy atom. The topological polar surface area (TPSA) is 141 Å². The Morgan fingerprint density at radius 1 is 1.11 bits per heavy atom. The van der Waals surface area contributed by atoms with Crippen molar-refractivity contribution in [3.05, 3.63) is 16.9 Å². The van der Waals surface area contributed by atoms with E-state index in [-0.39, 0.29) is 17.7 Å². The second-order valence-corrected chi connectivity index (χ2v) is 11.5. The molecule has 0 aliphatic carbocycles. The van der Waals surface area contributed by atoms with Crippen molar-refractivity contribution < 1.29 is 28.6 Å². The predicted octanol–water partition coefficient (Wildman–Crippen LogP) is 3.15. The van der Waals surface area contributed by atoms with Crippen LogP contribution in [0.1, 0.15) is 70.0 Å². The van der Waals surface area contributed by atoms with Crippen LogP contribution in [0.15, 0.2) is 6.20 Å². The average Bonchev–Trinajstić information content (AvgIpc) is 3.43. The summed E-state index contributed by atoms with van der Waals surface area (Å²) in [5.74, 6) is 0.175. The van der Waals surface area contributed by atoms with Gasteiger partial charge in [0.15, 0.2) is 5.82 Å².